The van der Waals surface area contributed by atoms with E-state index >= 15 is 0 Å². The van der Waals surface area contributed by atoms with E-state index in [1.807, 2.05) is 18.5 Å². The van der Waals surface area contributed by atoms with Crippen molar-refractivity contribution >= 4 is 45.9 Å². The summed E-state index contributed by atoms with van der Waals surface area (Å²) < 4.78 is 9.25. The number of rotatable bonds is 6. The molecule has 0 spiro atoms. The average Bonchev–Trinajstić information content (AvgIpc) is 3.22. The van der Waals surface area contributed by atoms with Gasteiger partial charge in [0.15, 0.2) is 0 Å². The number of ether oxygens (including phenoxy) is 1. The Morgan fingerprint density at radius 3 is 2.85 bits per heavy atom. The molecule has 0 aliphatic rings. The van der Waals surface area contributed by atoms with E-state index in [0.717, 1.165) is 50.3 Å². The van der Waals surface area contributed by atoms with Crippen LogP contribution in [0.25, 0.3) is 33.2 Å². The molecule has 0 fully saturated rings. The number of aromatic amines is 1. The first-order valence-electron chi connectivity index (χ1n) is 9.07. The monoisotopic (exact) mass is 442 g/mol. The molecule has 0 atom stereocenters. The molecule has 7 heteroatoms. The zero-order chi connectivity index (χ0) is 19.0. The van der Waals surface area contributed by atoms with E-state index in [1.165, 1.54) is 0 Å². The number of fused-ring (bicyclic) bond motifs is 2. The van der Waals surface area contributed by atoms with Gasteiger partial charge >= 0.3 is 0 Å². The van der Waals surface area contributed by atoms with Gasteiger partial charge in [-0.3, -0.25) is 5.10 Å². The maximum absolute atomic E-state index is 6.06. The Labute approximate surface area is 167 Å². The SMILES string of the molecule is C[Si](C)(C)CCOCn1c(-c2ccc3cn[nH]c3c2)cc2c(Br)ccnc21. The van der Waals surface area contributed by atoms with Crippen molar-refractivity contribution in [2.75, 3.05) is 6.61 Å². The summed E-state index contributed by atoms with van der Waals surface area (Å²) in [6.45, 7) is 8.37. The summed E-state index contributed by atoms with van der Waals surface area (Å²) in [4.78, 5) is 4.61. The summed E-state index contributed by atoms with van der Waals surface area (Å²) in [6.07, 6.45) is 3.67. The molecule has 4 rings (SSSR count). The fourth-order valence-electron chi connectivity index (χ4n) is 3.12. The number of H-pyrrole nitrogens is 1. The fraction of sp³-hybridized carbons (Fsp3) is 0.300. The average molecular weight is 443 g/mol. The van der Waals surface area contributed by atoms with Crippen LogP contribution in [0, 0.1) is 0 Å². The van der Waals surface area contributed by atoms with Gasteiger partial charge in [-0.25, -0.2) is 4.98 Å². The highest BCUT2D eigenvalue weighted by atomic mass is 79.9. The number of aromatic nitrogens is 4. The molecule has 3 aromatic heterocycles. The van der Waals surface area contributed by atoms with E-state index < -0.39 is 8.07 Å². The van der Waals surface area contributed by atoms with Crippen molar-refractivity contribution in [3.63, 3.8) is 0 Å². The fourth-order valence-corrected chi connectivity index (χ4v) is 4.28. The van der Waals surface area contributed by atoms with Crippen molar-refractivity contribution in [1.82, 2.24) is 19.7 Å². The van der Waals surface area contributed by atoms with Crippen LogP contribution in [-0.4, -0.2) is 34.4 Å². The van der Waals surface area contributed by atoms with Crippen LogP contribution in [0.4, 0.5) is 0 Å². The second kappa shape index (κ2) is 7.22. The van der Waals surface area contributed by atoms with Gasteiger partial charge < -0.3 is 9.30 Å². The molecule has 0 amide bonds. The van der Waals surface area contributed by atoms with Gasteiger partial charge in [0, 0.05) is 41.7 Å². The first-order valence-corrected chi connectivity index (χ1v) is 13.6. The lowest BCUT2D eigenvalue weighted by molar-refractivity contribution is 0.0909. The molecule has 0 saturated carbocycles. The maximum atomic E-state index is 6.06. The van der Waals surface area contributed by atoms with E-state index in [0.29, 0.717) is 6.73 Å². The summed E-state index contributed by atoms with van der Waals surface area (Å²) in [5.41, 5.74) is 4.16. The molecule has 0 radical (unpaired) electrons. The zero-order valence-electron chi connectivity index (χ0n) is 15.8. The minimum absolute atomic E-state index is 0.494. The van der Waals surface area contributed by atoms with Crippen LogP contribution in [-0.2, 0) is 11.5 Å². The molecule has 0 saturated heterocycles. The quantitative estimate of drug-likeness (QED) is 0.309. The number of nitrogens with one attached hydrogen (secondary N) is 1. The van der Waals surface area contributed by atoms with Gasteiger partial charge in [0.2, 0.25) is 0 Å². The van der Waals surface area contributed by atoms with E-state index in [9.17, 15) is 0 Å². The second-order valence-corrected chi connectivity index (χ2v) is 14.5. The van der Waals surface area contributed by atoms with Gasteiger partial charge in [0.1, 0.15) is 12.4 Å². The summed E-state index contributed by atoms with van der Waals surface area (Å²) in [6, 6.07) is 11.6. The van der Waals surface area contributed by atoms with E-state index in [1.54, 1.807) is 0 Å². The van der Waals surface area contributed by atoms with E-state index in [4.69, 9.17) is 4.74 Å². The van der Waals surface area contributed by atoms with Crippen LogP contribution in [0.2, 0.25) is 25.7 Å². The number of nitrogens with zero attached hydrogens (tertiary/aromatic N) is 3. The lowest BCUT2D eigenvalue weighted by atomic mass is 10.1. The second-order valence-electron chi connectivity index (χ2n) is 8.01. The van der Waals surface area contributed by atoms with Crippen LogP contribution < -0.4 is 0 Å². The number of pyridine rings is 1. The van der Waals surface area contributed by atoms with Crippen molar-refractivity contribution < 1.29 is 4.74 Å². The Bertz CT molecular complexity index is 1100. The smallest absolute Gasteiger partial charge is 0.143 e. The van der Waals surface area contributed by atoms with Gasteiger partial charge in [0.05, 0.1) is 17.4 Å². The molecule has 0 unspecified atom stereocenters. The molecule has 0 bridgehead atoms. The van der Waals surface area contributed by atoms with Crippen molar-refractivity contribution in [1.29, 1.82) is 0 Å². The van der Waals surface area contributed by atoms with Gasteiger partial charge in [-0.1, -0.05) is 31.8 Å². The topological polar surface area (TPSA) is 55.7 Å². The first kappa shape index (κ1) is 18.4. The molecule has 140 valence electrons. The van der Waals surface area contributed by atoms with Crippen LogP contribution >= 0.6 is 15.9 Å². The number of benzene rings is 1. The molecule has 1 N–H and O–H groups in total. The number of halogens is 1. The van der Waals surface area contributed by atoms with E-state index in [2.05, 4.69) is 79.6 Å². The first-order chi connectivity index (χ1) is 12.9. The van der Waals surface area contributed by atoms with Crippen LogP contribution in [0.15, 0.2) is 47.2 Å². The Morgan fingerprint density at radius 2 is 2.04 bits per heavy atom. The summed E-state index contributed by atoms with van der Waals surface area (Å²) in [5.74, 6) is 0. The lowest BCUT2D eigenvalue weighted by Gasteiger charge is -2.16. The lowest BCUT2D eigenvalue weighted by Crippen LogP contribution is -2.22. The Balaban J connectivity index is 1.73. The highest BCUT2D eigenvalue weighted by Gasteiger charge is 2.16. The minimum atomic E-state index is -1.11. The molecule has 0 aliphatic carbocycles. The van der Waals surface area contributed by atoms with Gasteiger partial charge in [0.25, 0.3) is 0 Å². The normalized spacial score (nSPS) is 12.3. The minimum Gasteiger partial charge on any atom is -0.361 e. The highest BCUT2D eigenvalue weighted by molar-refractivity contribution is 9.10. The highest BCUT2D eigenvalue weighted by Crippen LogP contribution is 2.32. The Hall–Kier alpha value is -1.96. The standard InChI is InChI=1S/C20H23BrN4OSi/c1-27(2,3)9-8-26-13-25-19(11-16-17(21)6-7-22-20(16)25)14-4-5-15-12-23-24-18(15)10-14/h4-7,10-12H,8-9,13H2,1-3H3,(H,23,24). The number of hydrogen-bond acceptors (Lipinski definition) is 3. The van der Waals surface area contributed by atoms with Gasteiger partial charge in [-0.2, -0.15) is 5.10 Å². The van der Waals surface area contributed by atoms with Crippen LogP contribution in [0.3, 0.4) is 0 Å². The molecule has 0 aliphatic heterocycles. The number of hydrogen-bond donors (Lipinski definition) is 1. The predicted molar refractivity (Wildman–Crippen MR) is 117 cm³/mol. The van der Waals surface area contributed by atoms with Crippen molar-refractivity contribution in [2.45, 2.75) is 32.4 Å². The van der Waals surface area contributed by atoms with Gasteiger partial charge in [-0.15, -0.1) is 0 Å². The maximum Gasteiger partial charge on any atom is 0.143 e. The van der Waals surface area contributed by atoms with Crippen molar-refractivity contribution in [3.8, 4) is 11.3 Å². The zero-order valence-corrected chi connectivity index (χ0v) is 18.4. The third-order valence-electron chi connectivity index (χ3n) is 4.70. The molecule has 4 aromatic rings. The summed E-state index contributed by atoms with van der Waals surface area (Å²) in [7, 11) is -1.11. The third-order valence-corrected chi connectivity index (χ3v) is 7.09. The molecular weight excluding hydrogens is 420 g/mol. The Morgan fingerprint density at radius 1 is 1.19 bits per heavy atom. The molecule has 5 nitrogen and oxygen atoms in total. The summed E-state index contributed by atoms with van der Waals surface area (Å²) in [5, 5.41) is 9.37. The third kappa shape index (κ3) is 3.85. The van der Waals surface area contributed by atoms with Gasteiger partial charge in [-0.05, 0) is 40.2 Å². The molecule has 1 aromatic carbocycles. The van der Waals surface area contributed by atoms with Crippen LogP contribution in [0.1, 0.15) is 0 Å². The largest absolute Gasteiger partial charge is 0.361 e. The van der Waals surface area contributed by atoms with Crippen molar-refractivity contribution in [3.05, 3.63) is 47.2 Å². The van der Waals surface area contributed by atoms with E-state index in [-0.39, 0.29) is 0 Å². The molecule has 3 heterocycles. The molecule has 27 heavy (non-hydrogen) atoms. The predicted octanol–water partition coefficient (Wildman–Crippen LogP) is 5.65. The summed E-state index contributed by atoms with van der Waals surface area (Å²) >= 11 is 3.65. The Kier molecular flexibility index (Phi) is 4.92. The van der Waals surface area contributed by atoms with Crippen molar-refractivity contribution in [2.24, 2.45) is 0 Å². The van der Waals surface area contributed by atoms with Crippen LogP contribution in [0.5, 0.6) is 0 Å². The molecular formula is C20H23BrN4OSi.